The van der Waals surface area contributed by atoms with Gasteiger partial charge in [-0.15, -0.1) is 11.3 Å². The lowest BCUT2D eigenvalue weighted by Crippen LogP contribution is -2.21. The molecule has 0 spiro atoms. The van der Waals surface area contributed by atoms with E-state index >= 15 is 0 Å². The quantitative estimate of drug-likeness (QED) is 0.383. The number of ether oxygens (including phenoxy) is 2. The molecule has 3 aromatic rings. The van der Waals surface area contributed by atoms with E-state index in [1.165, 1.54) is 11.3 Å². The molecule has 0 saturated carbocycles. The normalized spacial score (nSPS) is 10.5. The van der Waals surface area contributed by atoms with E-state index in [-0.39, 0.29) is 19.1 Å². The number of thiophene rings is 1. The fraction of sp³-hybridized carbons (Fsp3) is 0.240. The standard InChI is InChI=1S/C25H25ClN2O5S/c1-5-32-25(31)22-15(3)16(4)34-24(22)28-21(29)13-33-19-9-6-17(7-10-19)23(30)27-20-11-8-18(26)12-14(20)2/h6-12H,5,13H2,1-4H3,(H,27,30)(H,28,29). The number of esters is 1. The molecule has 1 heterocycles. The van der Waals surface area contributed by atoms with Gasteiger partial charge < -0.3 is 20.1 Å². The van der Waals surface area contributed by atoms with Gasteiger partial charge in [-0.25, -0.2) is 4.79 Å². The number of nitrogens with one attached hydrogen (secondary N) is 2. The van der Waals surface area contributed by atoms with Gasteiger partial charge in [-0.05, 0) is 81.3 Å². The maximum Gasteiger partial charge on any atom is 0.341 e. The molecule has 0 atom stereocenters. The summed E-state index contributed by atoms with van der Waals surface area (Å²) in [5, 5.41) is 6.61. The van der Waals surface area contributed by atoms with Crippen molar-refractivity contribution in [1.82, 2.24) is 0 Å². The molecule has 2 aromatic carbocycles. The summed E-state index contributed by atoms with van der Waals surface area (Å²) >= 11 is 7.26. The van der Waals surface area contributed by atoms with E-state index in [0.29, 0.717) is 32.6 Å². The van der Waals surface area contributed by atoms with E-state index in [4.69, 9.17) is 21.1 Å². The van der Waals surface area contributed by atoms with Crippen LogP contribution in [-0.4, -0.2) is 31.0 Å². The Hall–Kier alpha value is -3.36. The third-order valence-corrected chi connectivity index (χ3v) is 6.40. The molecule has 1 aromatic heterocycles. The molecule has 0 bridgehead atoms. The van der Waals surface area contributed by atoms with Gasteiger partial charge in [0.05, 0.1) is 12.2 Å². The summed E-state index contributed by atoms with van der Waals surface area (Å²) in [6, 6.07) is 11.7. The van der Waals surface area contributed by atoms with E-state index < -0.39 is 11.9 Å². The smallest absolute Gasteiger partial charge is 0.341 e. The minimum atomic E-state index is -0.469. The highest BCUT2D eigenvalue weighted by Gasteiger charge is 2.22. The molecule has 0 unspecified atom stereocenters. The van der Waals surface area contributed by atoms with Gasteiger partial charge >= 0.3 is 5.97 Å². The third kappa shape index (κ3) is 6.15. The second-order valence-electron chi connectivity index (χ2n) is 7.48. The number of anilines is 2. The Kier molecular flexibility index (Phi) is 8.31. The number of aryl methyl sites for hydroxylation is 2. The van der Waals surface area contributed by atoms with Crippen molar-refractivity contribution in [2.75, 3.05) is 23.8 Å². The molecule has 0 aliphatic rings. The van der Waals surface area contributed by atoms with Crippen LogP contribution < -0.4 is 15.4 Å². The third-order valence-electron chi connectivity index (χ3n) is 5.04. The molecule has 2 N–H and O–H groups in total. The van der Waals surface area contributed by atoms with Gasteiger partial charge in [0.15, 0.2) is 6.61 Å². The summed E-state index contributed by atoms with van der Waals surface area (Å²) in [7, 11) is 0. The van der Waals surface area contributed by atoms with Crippen LogP contribution in [-0.2, 0) is 9.53 Å². The molecule has 0 aliphatic heterocycles. The van der Waals surface area contributed by atoms with Gasteiger partial charge in [0.2, 0.25) is 0 Å². The van der Waals surface area contributed by atoms with Crippen molar-refractivity contribution < 1.29 is 23.9 Å². The molecule has 178 valence electrons. The van der Waals surface area contributed by atoms with E-state index in [1.54, 1.807) is 49.4 Å². The average Bonchev–Trinajstić information content (AvgIpc) is 3.07. The van der Waals surface area contributed by atoms with Gasteiger partial charge in [0, 0.05) is 21.2 Å². The van der Waals surface area contributed by atoms with Crippen molar-refractivity contribution >= 4 is 51.4 Å². The highest BCUT2D eigenvalue weighted by atomic mass is 35.5. The minimum Gasteiger partial charge on any atom is -0.484 e. The molecule has 0 radical (unpaired) electrons. The van der Waals surface area contributed by atoms with Crippen LogP contribution in [0.2, 0.25) is 5.02 Å². The largest absolute Gasteiger partial charge is 0.484 e. The Morgan fingerprint density at radius 2 is 1.71 bits per heavy atom. The number of benzene rings is 2. The molecule has 0 saturated heterocycles. The number of carbonyl (C=O) groups is 3. The first-order valence-electron chi connectivity index (χ1n) is 10.6. The van der Waals surface area contributed by atoms with Crippen molar-refractivity contribution in [2.45, 2.75) is 27.7 Å². The summed E-state index contributed by atoms with van der Waals surface area (Å²) in [4.78, 5) is 38.1. The molecule has 34 heavy (non-hydrogen) atoms. The van der Waals surface area contributed by atoms with Crippen LogP contribution in [0.3, 0.4) is 0 Å². The first kappa shape index (κ1) is 25.3. The fourth-order valence-electron chi connectivity index (χ4n) is 3.14. The molecular weight excluding hydrogens is 476 g/mol. The van der Waals surface area contributed by atoms with E-state index in [0.717, 1.165) is 16.0 Å². The SMILES string of the molecule is CCOC(=O)c1c(NC(=O)COc2ccc(C(=O)Nc3ccc(Cl)cc3C)cc2)sc(C)c1C. The number of hydrogen-bond acceptors (Lipinski definition) is 6. The Balaban J connectivity index is 1.58. The van der Waals surface area contributed by atoms with Crippen molar-refractivity contribution in [1.29, 1.82) is 0 Å². The van der Waals surface area contributed by atoms with E-state index in [1.807, 2.05) is 20.8 Å². The van der Waals surface area contributed by atoms with Crippen molar-refractivity contribution in [3.63, 3.8) is 0 Å². The van der Waals surface area contributed by atoms with Gasteiger partial charge in [0.25, 0.3) is 11.8 Å². The number of halogens is 1. The molecule has 3 rings (SSSR count). The Morgan fingerprint density at radius 3 is 2.35 bits per heavy atom. The predicted octanol–water partition coefficient (Wildman–Crippen LogP) is 5.77. The van der Waals surface area contributed by atoms with E-state index in [9.17, 15) is 14.4 Å². The van der Waals surface area contributed by atoms with Crippen LogP contribution in [0.5, 0.6) is 5.75 Å². The van der Waals surface area contributed by atoms with Gasteiger partial charge in [-0.2, -0.15) is 0 Å². The van der Waals surface area contributed by atoms with Crippen LogP contribution in [0.25, 0.3) is 0 Å². The lowest BCUT2D eigenvalue weighted by atomic mass is 10.1. The van der Waals surface area contributed by atoms with Crippen LogP contribution in [0.4, 0.5) is 10.7 Å². The van der Waals surface area contributed by atoms with Crippen LogP contribution in [0.1, 0.15) is 43.6 Å². The van der Waals surface area contributed by atoms with E-state index in [2.05, 4.69) is 10.6 Å². The minimum absolute atomic E-state index is 0.247. The van der Waals surface area contributed by atoms with Crippen LogP contribution in [0.15, 0.2) is 42.5 Å². The Bertz CT molecular complexity index is 1220. The molecule has 0 fully saturated rings. The zero-order chi connectivity index (χ0) is 24.8. The lowest BCUT2D eigenvalue weighted by Gasteiger charge is -2.10. The Morgan fingerprint density at radius 1 is 1.00 bits per heavy atom. The van der Waals surface area contributed by atoms with Crippen molar-refractivity contribution in [3.05, 3.63) is 74.6 Å². The second kappa shape index (κ2) is 11.2. The first-order valence-corrected chi connectivity index (χ1v) is 11.8. The van der Waals surface area contributed by atoms with Crippen LogP contribution in [0, 0.1) is 20.8 Å². The van der Waals surface area contributed by atoms with Crippen molar-refractivity contribution in [3.8, 4) is 5.75 Å². The molecule has 2 amide bonds. The summed E-state index contributed by atoms with van der Waals surface area (Å²) in [6.45, 7) is 7.27. The monoisotopic (exact) mass is 500 g/mol. The van der Waals surface area contributed by atoms with Gasteiger partial charge in [-0.1, -0.05) is 11.6 Å². The number of amides is 2. The number of rotatable bonds is 8. The maximum absolute atomic E-state index is 12.5. The highest BCUT2D eigenvalue weighted by molar-refractivity contribution is 7.16. The predicted molar refractivity (Wildman–Crippen MR) is 134 cm³/mol. The molecule has 9 heteroatoms. The summed E-state index contributed by atoms with van der Waals surface area (Å²) < 4.78 is 10.6. The second-order valence-corrected chi connectivity index (χ2v) is 9.14. The van der Waals surface area contributed by atoms with Crippen molar-refractivity contribution in [2.24, 2.45) is 0 Å². The van der Waals surface area contributed by atoms with Gasteiger partial charge in [0.1, 0.15) is 10.8 Å². The van der Waals surface area contributed by atoms with Gasteiger partial charge in [-0.3, -0.25) is 9.59 Å². The highest BCUT2D eigenvalue weighted by Crippen LogP contribution is 2.33. The topological polar surface area (TPSA) is 93.7 Å². The zero-order valence-corrected chi connectivity index (χ0v) is 20.9. The summed E-state index contributed by atoms with van der Waals surface area (Å²) in [5.74, 6) is -0.724. The number of carbonyl (C=O) groups excluding carboxylic acids is 3. The zero-order valence-electron chi connectivity index (χ0n) is 19.3. The number of hydrogen-bond donors (Lipinski definition) is 2. The molecule has 7 nitrogen and oxygen atoms in total. The fourth-order valence-corrected chi connectivity index (χ4v) is 4.43. The summed E-state index contributed by atoms with van der Waals surface area (Å²) in [6.07, 6.45) is 0. The Labute approximate surface area is 207 Å². The summed E-state index contributed by atoms with van der Waals surface area (Å²) in [5.41, 5.74) is 3.11. The molecule has 0 aliphatic carbocycles. The molecular formula is C25H25ClN2O5S. The average molecular weight is 501 g/mol. The first-order chi connectivity index (χ1) is 16.2. The lowest BCUT2D eigenvalue weighted by molar-refractivity contribution is -0.118. The van der Waals surface area contributed by atoms with Crippen LogP contribution >= 0.6 is 22.9 Å². The maximum atomic E-state index is 12.5.